The monoisotopic (exact) mass is 379 g/mol. The maximum absolute atomic E-state index is 12.5. The van der Waals surface area contributed by atoms with Crippen LogP contribution in [0.1, 0.15) is 97.3 Å². The van der Waals surface area contributed by atoms with E-state index >= 15 is 0 Å². The zero-order valence-corrected chi connectivity index (χ0v) is 17.1. The average Bonchev–Trinajstić information content (AvgIpc) is 2.92. The third kappa shape index (κ3) is 7.57. The van der Waals surface area contributed by atoms with Crippen LogP contribution >= 0.6 is 0 Å². The molecule has 0 unspecified atom stereocenters. The topological polar surface area (TPSA) is 85.5 Å². The van der Waals surface area contributed by atoms with Crippen LogP contribution in [0.3, 0.4) is 0 Å². The molecule has 27 heavy (non-hydrogen) atoms. The van der Waals surface area contributed by atoms with Crippen molar-refractivity contribution in [3.63, 3.8) is 0 Å². The molecular formula is C21H33NO5. The molecule has 0 bridgehead atoms. The zero-order chi connectivity index (χ0) is 20.2. The summed E-state index contributed by atoms with van der Waals surface area (Å²) in [6.45, 7) is 7.91. The first-order chi connectivity index (χ1) is 12.9. The van der Waals surface area contributed by atoms with Crippen molar-refractivity contribution in [2.75, 3.05) is 13.2 Å². The van der Waals surface area contributed by atoms with E-state index in [2.05, 4.69) is 4.98 Å². The van der Waals surface area contributed by atoms with E-state index in [1.165, 1.54) is 0 Å². The van der Waals surface area contributed by atoms with Gasteiger partial charge in [0.05, 0.1) is 13.2 Å². The number of aryl methyl sites for hydroxylation is 1. The van der Waals surface area contributed by atoms with Crippen molar-refractivity contribution in [1.29, 1.82) is 0 Å². The van der Waals surface area contributed by atoms with E-state index in [-0.39, 0.29) is 11.8 Å². The van der Waals surface area contributed by atoms with Crippen molar-refractivity contribution < 1.29 is 23.9 Å². The third-order valence-corrected chi connectivity index (χ3v) is 4.54. The van der Waals surface area contributed by atoms with Gasteiger partial charge in [-0.2, -0.15) is 0 Å². The minimum atomic E-state index is -0.417. The molecule has 0 atom stereocenters. The van der Waals surface area contributed by atoms with Gasteiger partial charge >= 0.3 is 11.9 Å². The standard InChI is InChI=1S/C21H33NO5/c1-5-26-18(24)14-12-10-8-7-9-11-13-17(23)19-15(3)20(22-16(19)4)21(25)27-6-2/h22H,5-14H2,1-4H3. The van der Waals surface area contributed by atoms with E-state index in [1.807, 2.05) is 13.8 Å². The molecule has 1 heterocycles. The Hall–Kier alpha value is -2.11. The maximum Gasteiger partial charge on any atom is 0.355 e. The molecule has 0 saturated heterocycles. The number of ketones is 1. The van der Waals surface area contributed by atoms with Gasteiger partial charge in [-0.15, -0.1) is 0 Å². The number of hydrogen-bond donors (Lipinski definition) is 1. The van der Waals surface area contributed by atoms with Crippen LogP contribution in [-0.2, 0) is 14.3 Å². The number of H-pyrrole nitrogens is 1. The van der Waals surface area contributed by atoms with Crippen LogP contribution in [-0.4, -0.2) is 35.9 Å². The summed E-state index contributed by atoms with van der Waals surface area (Å²) in [7, 11) is 0. The van der Waals surface area contributed by atoms with Crippen LogP contribution in [0.2, 0.25) is 0 Å². The smallest absolute Gasteiger partial charge is 0.355 e. The highest BCUT2D eigenvalue weighted by Gasteiger charge is 2.22. The lowest BCUT2D eigenvalue weighted by Crippen LogP contribution is -2.07. The van der Waals surface area contributed by atoms with Gasteiger partial charge in [0.1, 0.15) is 5.69 Å². The number of unbranched alkanes of at least 4 members (excludes halogenated alkanes) is 5. The highest BCUT2D eigenvalue weighted by Crippen LogP contribution is 2.21. The van der Waals surface area contributed by atoms with Crippen molar-refractivity contribution in [3.05, 3.63) is 22.5 Å². The van der Waals surface area contributed by atoms with Crippen LogP contribution in [0, 0.1) is 13.8 Å². The highest BCUT2D eigenvalue weighted by atomic mass is 16.5. The molecule has 1 aromatic rings. The second-order valence-corrected chi connectivity index (χ2v) is 6.69. The summed E-state index contributed by atoms with van der Waals surface area (Å²) >= 11 is 0. The molecule has 0 amide bonds. The van der Waals surface area contributed by atoms with E-state index in [1.54, 1.807) is 13.8 Å². The van der Waals surface area contributed by atoms with Crippen LogP contribution in [0.5, 0.6) is 0 Å². The molecule has 0 radical (unpaired) electrons. The fourth-order valence-corrected chi connectivity index (χ4v) is 3.20. The zero-order valence-electron chi connectivity index (χ0n) is 17.1. The normalized spacial score (nSPS) is 10.7. The molecule has 1 aromatic heterocycles. The lowest BCUT2D eigenvalue weighted by Gasteiger charge is -2.04. The molecule has 0 fully saturated rings. The number of ether oxygens (including phenoxy) is 2. The molecule has 1 N–H and O–H groups in total. The lowest BCUT2D eigenvalue weighted by atomic mass is 10.00. The maximum atomic E-state index is 12.5. The first kappa shape index (κ1) is 22.9. The van der Waals surface area contributed by atoms with Gasteiger partial charge in [0.15, 0.2) is 5.78 Å². The first-order valence-electron chi connectivity index (χ1n) is 9.97. The summed E-state index contributed by atoms with van der Waals surface area (Å²) < 4.78 is 9.92. The molecule has 0 aromatic carbocycles. The second-order valence-electron chi connectivity index (χ2n) is 6.69. The Labute approximate surface area is 162 Å². The van der Waals surface area contributed by atoms with Gasteiger partial charge in [-0.25, -0.2) is 4.79 Å². The van der Waals surface area contributed by atoms with Gasteiger partial charge in [0.25, 0.3) is 0 Å². The molecule has 0 aliphatic rings. The van der Waals surface area contributed by atoms with Gasteiger partial charge in [-0.3, -0.25) is 9.59 Å². The van der Waals surface area contributed by atoms with Crippen LogP contribution in [0.25, 0.3) is 0 Å². The SMILES string of the molecule is CCOC(=O)CCCCCCCCC(=O)c1c(C)[nH]c(C(=O)OCC)c1C. The molecule has 152 valence electrons. The first-order valence-corrected chi connectivity index (χ1v) is 9.97. The van der Waals surface area contributed by atoms with Gasteiger partial charge in [-0.1, -0.05) is 25.7 Å². The lowest BCUT2D eigenvalue weighted by molar-refractivity contribution is -0.143. The van der Waals surface area contributed by atoms with E-state index in [4.69, 9.17) is 9.47 Å². The molecule has 6 nitrogen and oxygen atoms in total. The van der Waals surface area contributed by atoms with Crippen molar-refractivity contribution >= 4 is 17.7 Å². The Morgan fingerprint density at radius 2 is 1.37 bits per heavy atom. The molecule has 0 aliphatic heterocycles. The Bertz CT molecular complexity index is 633. The number of esters is 2. The van der Waals surface area contributed by atoms with Gasteiger partial charge < -0.3 is 14.5 Å². The predicted molar refractivity (Wildman–Crippen MR) is 104 cm³/mol. The number of carbonyl (C=O) groups excluding carboxylic acids is 3. The number of carbonyl (C=O) groups is 3. The van der Waals surface area contributed by atoms with Crippen molar-refractivity contribution in [1.82, 2.24) is 4.98 Å². The van der Waals surface area contributed by atoms with Crippen LogP contribution in [0.15, 0.2) is 0 Å². The van der Waals surface area contributed by atoms with Crippen molar-refractivity contribution in [3.8, 4) is 0 Å². The molecule has 0 spiro atoms. The average molecular weight is 379 g/mol. The molecule has 6 heteroatoms. The summed E-state index contributed by atoms with van der Waals surface area (Å²) in [5.41, 5.74) is 2.39. The van der Waals surface area contributed by atoms with E-state index in [0.717, 1.165) is 44.2 Å². The van der Waals surface area contributed by atoms with Gasteiger partial charge in [0, 0.05) is 24.1 Å². The van der Waals surface area contributed by atoms with E-state index < -0.39 is 5.97 Å². The number of aromatic nitrogens is 1. The minimum Gasteiger partial charge on any atom is -0.466 e. The Morgan fingerprint density at radius 3 is 1.96 bits per heavy atom. The summed E-state index contributed by atoms with van der Waals surface area (Å²) in [4.78, 5) is 38.7. The molecule has 1 rings (SSSR count). The minimum absolute atomic E-state index is 0.0686. The number of nitrogens with one attached hydrogen (secondary N) is 1. The summed E-state index contributed by atoms with van der Waals surface area (Å²) in [5, 5.41) is 0. The Morgan fingerprint density at radius 1 is 0.815 bits per heavy atom. The molecule has 0 saturated carbocycles. The summed E-state index contributed by atoms with van der Waals surface area (Å²) in [6.07, 6.45) is 6.75. The largest absolute Gasteiger partial charge is 0.466 e. The van der Waals surface area contributed by atoms with Crippen LogP contribution in [0.4, 0.5) is 0 Å². The molecule has 0 aliphatic carbocycles. The van der Waals surface area contributed by atoms with Gasteiger partial charge in [-0.05, 0) is 46.1 Å². The second kappa shape index (κ2) is 12.3. The quantitative estimate of drug-likeness (QED) is 0.306. The fourth-order valence-electron chi connectivity index (χ4n) is 3.20. The predicted octanol–water partition coefficient (Wildman–Crippen LogP) is 4.67. The van der Waals surface area contributed by atoms with Crippen molar-refractivity contribution in [2.24, 2.45) is 0 Å². The van der Waals surface area contributed by atoms with E-state index in [9.17, 15) is 14.4 Å². The van der Waals surface area contributed by atoms with Gasteiger partial charge in [0.2, 0.25) is 0 Å². The number of Topliss-reactive ketones (excluding diaryl/α,β-unsaturated/α-hetero) is 1. The van der Waals surface area contributed by atoms with E-state index in [0.29, 0.717) is 42.9 Å². The summed E-state index contributed by atoms with van der Waals surface area (Å²) in [6, 6.07) is 0. The number of rotatable bonds is 13. The Kier molecular flexibility index (Phi) is 10.5. The third-order valence-electron chi connectivity index (χ3n) is 4.54. The highest BCUT2D eigenvalue weighted by molar-refractivity contribution is 6.02. The fraction of sp³-hybridized carbons (Fsp3) is 0.667. The number of hydrogen-bond acceptors (Lipinski definition) is 5. The van der Waals surface area contributed by atoms with Crippen molar-refractivity contribution in [2.45, 2.75) is 79.1 Å². The number of aromatic amines is 1. The summed E-state index contributed by atoms with van der Waals surface area (Å²) in [5.74, 6) is -0.471. The Balaban J connectivity index is 2.31. The van der Waals surface area contributed by atoms with Crippen LogP contribution < -0.4 is 0 Å². The molecular weight excluding hydrogens is 346 g/mol.